The van der Waals surface area contributed by atoms with Crippen molar-refractivity contribution in [2.45, 2.75) is 38.1 Å². The van der Waals surface area contributed by atoms with Crippen LogP contribution in [-0.4, -0.2) is 23.3 Å². The number of rotatable bonds is 6. The molecule has 0 amide bonds. The molecule has 21 heavy (non-hydrogen) atoms. The fraction of sp³-hybridized carbons (Fsp3) is 0.471. The van der Waals surface area contributed by atoms with Crippen molar-refractivity contribution in [1.82, 2.24) is 9.55 Å². The minimum Gasteiger partial charge on any atom is -0.384 e. The fourth-order valence-electron chi connectivity index (χ4n) is 3.08. The number of hydrogen-bond donors (Lipinski definition) is 1. The van der Waals surface area contributed by atoms with Gasteiger partial charge >= 0.3 is 0 Å². The number of imidazole rings is 1. The predicted octanol–water partition coefficient (Wildman–Crippen LogP) is 3.93. The average Bonchev–Trinajstić information content (AvgIpc) is 3.17. The van der Waals surface area contributed by atoms with Gasteiger partial charge in [0.2, 0.25) is 5.95 Å². The maximum absolute atomic E-state index is 5.19. The third kappa shape index (κ3) is 3.27. The molecule has 0 bridgehead atoms. The highest BCUT2D eigenvalue weighted by Gasteiger charge is 2.19. The Hall–Kier alpha value is -1.81. The molecule has 2 aromatic rings. The molecular weight excluding hydrogens is 262 g/mol. The Bertz CT molecular complexity index is 573. The van der Waals surface area contributed by atoms with Crippen LogP contribution in [-0.2, 0) is 11.2 Å². The Kier molecular flexibility index (Phi) is 4.55. The molecule has 1 aromatic heterocycles. The first-order valence-electron chi connectivity index (χ1n) is 7.75. The van der Waals surface area contributed by atoms with Gasteiger partial charge in [-0.2, -0.15) is 0 Å². The van der Waals surface area contributed by atoms with E-state index >= 15 is 0 Å². The SMILES string of the molecule is COCCc1ccccc1Nc1nccn1C1CCCC1. The van der Waals surface area contributed by atoms with Crippen LogP contribution in [0.1, 0.15) is 37.3 Å². The summed E-state index contributed by atoms with van der Waals surface area (Å²) in [6.07, 6.45) is 10.1. The minimum atomic E-state index is 0.598. The summed E-state index contributed by atoms with van der Waals surface area (Å²) < 4.78 is 7.48. The second-order valence-electron chi connectivity index (χ2n) is 5.62. The van der Waals surface area contributed by atoms with Gasteiger partial charge in [-0.25, -0.2) is 4.98 Å². The summed E-state index contributed by atoms with van der Waals surface area (Å²) in [6.45, 7) is 0.732. The summed E-state index contributed by atoms with van der Waals surface area (Å²) in [5, 5.41) is 3.50. The van der Waals surface area contributed by atoms with Crippen LogP contribution in [0.5, 0.6) is 0 Å². The van der Waals surface area contributed by atoms with Crippen molar-refractivity contribution >= 4 is 11.6 Å². The number of para-hydroxylation sites is 1. The second kappa shape index (κ2) is 6.76. The molecule has 1 fully saturated rings. The molecule has 4 heteroatoms. The van der Waals surface area contributed by atoms with E-state index in [0.717, 1.165) is 24.7 Å². The Balaban J connectivity index is 1.79. The number of aromatic nitrogens is 2. The van der Waals surface area contributed by atoms with E-state index in [9.17, 15) is 0 Å². The van der Waals surface area contributed by atoms with Crippen molar-refractivity contribution < 1.29 is 4.74 Å². The lowest BCUT2D eigenvalue weighted by Gasteiger charge is -2.17. The Labute approximate surface area is 126 Å². The number of anilines is 2. The Morgan fingerprint density at radius 1 is 1.29 bits per heavy atom. The zero-order valence-electron chi connectivity index (χ0n) is 12.6. The quantitative estimate of drug-likeness (QED) is 0.874. The molecule has 0 spiro atoms. The lowest BCUT2D eigenvalue weighted by Crippen LogP contribution is -2.09. The molecule has 1 heterocycles. The largest absolute Gasteiger partial charge is 0.384 e. The molecule has 112 valence electrons. The van der Waals surface area contributed by atoms with Crippen molar-refractivity contribution in [3.05, 3.63) is 42.2 Å². The Morgan fingerprint density at radius 2 is 2.10 bits per heavy atom. The minimum absolute atomic E-state index is 0.598. The molecule has 0 atom stereocenters. The summed E-state index contributed by atoms with van der Waals surface area (Å²) in [4.78, 5) is 4.50. The molecule has 1 aliphatic rings. The number of nitrogens with one attached hydrogen (secondary N) is 1. The van der Waals surface area contributed by atoms with Crippen LogP contribution < -0.4 is 5.32 Å². The number of hydrogen-bond acceptors (Lipinski definition) is 3. The number of ether oxygens (including phenoxy) is 1. The topological polar surface area (TPSA) is 39.1 Å². The van der Waals surface area contributed by atoms with Gasteiger partial charge in [-0.3, -0.25) is 0 Å². The molecule has 0 radical (unpaired) electrons. The molecule has 0 saturated heterocycles. The van der Waals surface area contributed by atoms with Crippen molar-refractivity contribution in [2.24, 2.45) is 0 Å². The lowest BCUT2D eigenvalue weighted by molar-refractivity contribution is 0.202. The third-order valence-electron chi connectivity index (χ3n) is 4.23. The van der Waals surface area contributed by atoms with Gasteiger partial charge in [-0.15, -0.1) is 0 Å². The first kappa shape index (κ1) is 14.1. The van der Waals surface area contributed by atoms with Crippen LogP contribution in [0.3, 0.4) is 0 Å². The van der Waals surface area contributed by atoms with Crippen LogP contribution in [0.2, 0.25) is 0 Å². The average molecular weight is 285 g/mol. The van der Waals surface area contributed by atoms with Crippen LogP contribution in [0.15, 0.2) is 36.7 Å². The van der Waals surface area contributed by atoms with Gasteiger partial charge in [0.05, 0.1) is 6.61 Å². The molecular formula is C17H23N3O. The number of methoxy groups -OCH3 is 1. The summed E-state index contributed by atoms with van der Waals surface area (Å²) in [5.74, 6) is 0.951. The molecule has 0 unspecified atom stereocenters. The number of benzene rings is 1. The van der Waals surface area contributed by atoms with Crippen LogP contribution in [0, 0.1) is 0 Å². The second-order valence-corrected chi connectivity index (χ2v) is 5.62. The number of nitrogens with zero attached hydrogens (tertiary/aromatic N) is 2. The van der Waals surface area contributed by atoms with E-state index in [2.05, 4.69) is 45.3 Å². The van der Waals surface area contributed by atoms with Gasteiger partial charge in [0.25, 0.3) is 0 Å². The molecule has 0 aliphatic heterocycles. The molecule has 4 nitrogen and oxygen atoms in total. The van der Waals surface area contributed by atoms with E-state index in [4.69, 9.17) is 4.74 Å². The molecule has 1 saturated carbocycles. The van der Waals surface area contributed by atoms with E-state index in [1.54, 1.807) is 7.11 Å². The summed E-state index contributed by atoms with van der Waals surface area (Å²) >= 11 is 0. The molecule has 1 aromatic carbocycles. The maximum Gasteiger partial charge on any atom is 0.207 e. The van der Waals surface area contributed by atoms with E-state index in [1.165, 1.54) is 31.2 Å². The zero-order valence-corrected chi connectivity index (χ0v) is 12.6. The normalized spacial score (nSPS) is 15.5. The first-order valence-corrected chi connectivity index (χ1v) is 7.75. The highest BCUT2D eigenvalue weighted by Crippen LogP contribution is 2.32. The highest BCUT2D eigenvalue weighted by atomic mass is 16.5. The highest BCUT2D eigenvalue weighted by molar-refractivity contribution is 5.58. The van der Waals surface area contributed by atoms with Crippen molar-refractivity contribution in [1.29, 1.82) is 0 Å². The van der Waals surface area contributed by atoms with E-state index < -0.39 is 0 Å². The predicted molar refractivity (Wildman–Crippen MR) is 85.0 cm³/mol. The van der Waals surface area contributed by atoms with Crippen molar-refractivity contribution in [2.75, 3.05) is 19.0 Å². The smallest absolute Gasteiger partial charge is 0.207 e. The maximum atomic E-state index is 5.19. The van der Waals surface area contributed by atoms with E-state index in [-0.39, 0.29) is 0 Å². The summed E-state index contributed by atoms with van der Waals surface area (Å²) in [5.41, 5.74) is 2.39. The summed E-state index contributed by atoms with van der Waals surface area (Å²) in [7, 11) is 1.74. The van der Waals surface area contributed by atoms with Gasteiger partial charge in [-0.05, 0) is 30.9 Å². The van der Waals surface area contributed by atoms with Crippen LogP contribution in [0.4, 0.5) is 11.6 Å². The molecule has 1 N–H and O–H groups in total. The molecule has 1 aliphatic carbocycles. The zero-order chi connectivity index (χ0) is 14.5. The monoisotopic (exact) mass is 285 g/mol. The Morgan fingerprint density at radius 3 is 2.90 bits per heavy atom. The third-order valence-corrected chi connectivity index (χ3v) is 4.23. The van der Waals surface area contributed by atoms with Gasteiger partial charge in [0.1, 0.15) is 0 Å². The lowest BCUT2D eigenvalue weighted by atomic mass is 10.1. The van der Waals surface area contributed by atoms with E-state index in [0.29, 0.717) is 6.04 Å². The van der Waals surface area contributed by atoms with Gasteiger partial charge in [-0.1, -0.05) is 31.0 Å². The van der Waals surface area contributed by atoms with Gasteiger partial charge in [0.15, 0.2) is 0 Å². The fourth-order valence-corrected chi connectivity index (χ4v) is 3.08. The molecule has 3 rings (SSSR count). The van der Waals surface area contributed by atoms with Crippen molar-refractivity contribution in [3.63, 3.8) is 0 Å². The van der Waals surface area contributed by atoms with Gasteiger partial charge < -0.3 is 14.6 Å². The van der Waals surface area contributed by atoms with Crippen LogP contribution >= 0.6 is 0 Å². The van der Waals surface area contributed by atoms with E-state index in [1.807, 2.05) is 6.20 Å². The van der Waals surface area contributed by atoms with Crippen molar-refractivity contribution in [3.8, 4) is 0 Å². The van der Waals surface area contributed by atoms with Gasteiger partial charge in [0, 0.05) is 31.2 Å². The van der Waals surface area contributed by atoms with Crippen LogP contribution in [0.25, 0.3) is 0 Å². The standard InChI is InChI=1S/C17H23N3O/c1-21-13-10-14-6-2-5-9-16(14)19-17-18-11-12-20(17)15-7-3-4-8-15/h2,5-6,9,11-12,15H,3-4,7-8,10,13H2,1H3,(H,18,19). The first-order chi connectivity index (χ1) is 10.4. The summed E-state index contributed by atoms with van der Waals surface area (Å²) in [6, 6.07) is 8.98.